The van der Waals surface area contributed by atoms with Gasteiger partial charge in [-0.2, -0.15) is 4.31 Å². The summed E-state index contributed by atoms with van der Waals surface area (Å²) >= 11 is 0. The molecular weight excluding hydrogens is 447 g/mol. The molecule has 0 aliphatic carbocycles. The van der Waals surface area contributed by atoms with E-state index in [4.69, 9.17) is 9.47 Å². The Morgan fingerprint density at radius 3 is 2.52 bits per heavy atom. The van der Waals surface area contributed by atoms with E-state index in [1.54, 1.807) is 24.3 Å². The van der Waals surface area contributed by atoms with E-state index in [2.05, 4.69) is 5.32 Å². The Balaban J connectivity index is 1.48. The van der Waals surface area contributed by atoms with Crippen LogP contribution >= 0.6 is 0 Å². The summed E-state index contributed by atoms with van der Waals surface area (Å²) in [5, 5.41) is 2.63. The number of halogens is 1. The molecule has 1 aliphatic rings. The molecule has 0 unspecified atom stereocenters. The Hall–Kier alpha value is -3.27. The average Bonchev–Trinajstić information content (AvgIpc) is 2.85. The summed E-state index contributed by atoms with van der Waals surface area (Å²) in [7, 11) is -4.05. The molecule has 1 amide bonds. The number of carbonyl (C=O) groups is 1. The number of hydrogen-bond donors (Lipinski definition) is 1. The largest absolute Gasteiger partial charge is 0.489 e. The Bertz CT molecular complexity index is 1230. The Morgan fingerprint density at radius 1 is 1.00 bits per heavy atom. The molecule has 7 nitrogen and oxygen atoms in total. The van der Waals surface area contributed by atoms with E-state index in [1.807, 2.05) is 30.3 Å². The van der Waals surface area contributed by atoms with Crippen molar-refractivity contribution in [2.24, 2.45) is 0 Å². The van der Waals surface area contributed by atoms with Gasteiger partial charge in [-0.25, -0.2) is 12.8 Å². The van der Waals surface area contributed by atoms with Crippen molar-refractivity contribution in [2.75, 3.05) is 31.6 Å². The number of rotatable bonds is 7. The highest BCUT2D eigenvalue weighted by Crippen LogP contribution is 2.24. The van der Waals surface area contributed by atoms with Crippen LogP contribution in [-0.4, -0.2) is 44.9 Å². The smallest absolute Gasteiger partial charge is 0.255 e. The van der Waals surface area contributed by atoms with E-state index in [1.165, 1.54) is 10.4 Å². The van der Waals surface area contributed by atoms with Gasteiger partial charge in [-0.05, 0) is 42.0 Å². The number of nitrogens with zero attached hydrogens (tertiary/aromatic N) is 1. The lowest BCUT2D eigenvalue weighted by Crippen LogP contribution is -2.40. The van der Waals surface area contributed by atoms with E-state index in [0.717, 1.165) is 17.7 Å². The lowest BCUT2D eigenvalue weighted by atomic mass is 10.2. The summed E-state index contributed by atoms with van der Waals surface area (Å²) in [6.45, 7) is 1.15. The first-order valence-corrected chi connectivity index (χ1v) is 11.8. The summed E-state index contributed by atoms with van der Waals surface area (Å²) in [6.07, 6.45) is 0. The van der Waals surface area contributed by atoms with Gasteiger partial charge in [0.15, 0.2) is 0 Å². The first-order chi connectivity index (χ1) is 15.9. The molecular formula is C24H23FN2O5S. The van der Waals surface area contributed by atoms with Gasteiger partial charge in [-0.15, -0.1) is 0 Å². The van der Waals surface area contributed by atoms with Crippen LogP contribution in [0.5, 0.6) is 5.75 Å². The van der Waals surface area contributed by atoms with E-state index in [-0.39, 0.29) is 32.0 Å². The van der Waals surface area contributed by atoms with Crippen LogP contribution in [0.4, 0.5) is 10.1 Å². The van der Waals surface area contributed by atoms with Crippen molar-refractivity contribution in [1.82, 2.24) is 4.31 Å². The summed E-state index contributed by atoms with van der Waals surface area (Å²) in [6, 6.07) is 19.7. The topological polar surface area (TPSA) is 84.9 Å². The van der Waals surface area contributed by atoms with Gasteiger partial charge < -0.3 is 14.8 Å². The molecule has 0 saturated carbocycles. The number of morpholine rings is 1. The number of anilines is 1. The van der Waals surface area contributed by atoms with Crippen molar-refractivity contribution in [3.8, 4) is 5.75 Å². The SMILES string of the molecule is O=C(Nc1ccc(F)c(S(=O)(=O)N2CCOCC2)c1)c1cccc(OCc2ccccc2)c1. The molecule has 0 spiro atoms. The van der Waals surface area contributed by atoms with Crippen molar-refractivity contribution in [2.45, 2.75) is 11.5 Å². The van der Waals surface area contributed by atoms with Crippen LogP contribution in [0.2, 0.25) is 0 Å². The lowest BCUT2D eigenvalue weighted by molar-refractivity contribution is 0.0729. The molecule has 1 N–H and O–H groups in total. The van der Waals surface area contributed by atoms with Crippen LogP contribution < -0.4 is 10.1 Å². The van der Waals surface area contributed by atoms with Gasteiger partial charge in [-0.3, -0.25) is 4.79 Å². The van der Waals surface area contributed by atoms with Gasteiger partial charge >= 0.3 is 0 Å². The summed E-state index contributed by atoms with van der Waals surface area (Å²) in [5.74, 6) is -0.835. The summed E-state index contributed by atoms with van der Waals surface area (Å²) < 4.78 is 52.2. The monoisotopic (exact) mass is 470 g/mol. The number of benzene rings is 3. The summed E-state index contributed by atoms with van der Waals surface area (Å²) in [5.41, 5.74) is 1.49. The van der Waals surface area contributed by atoms with Crippen molar-refractivity contribution < 1.29 is 27.1 Å². The maximum atomic E-state index is 14.4. The molecule has 9 heteroatoms. The number of ether oxygens (including phenoxy) is 2. The molecule has 1 aliphatic heterocycles. The van der Waals surface area contributed by atoms with E-state index in [0.29, 0.717) is 17.9 Å². The maximum Gasteiger partial charge on any atom is 0.255 e. The predicted molar refractivity (Wildman–Crippen MR) is 121 cm³/mol. The highest BCUT2D eigenvalue weighted by molar-refractivity contribution is 7.89. The average molecular weight is 471 g/mol. The lowest BCUT2D eigenvalue weighted by Gasteiger charge is -2.26. The number of carbonyl (C=O) groups excluding carboxylic acids is 1. The first kappa shape index (κ1) is 22.9. The molecule has 33 heavy (non-hydrogen) atoms. The van der Waals surface area contributed by atoms with Crippen LogP contribution in [0, 0.1) is 5.82 Å². The minimum Gasteiger partial charge on any atom is -0.489 e. The number of amides is 1. The van der Waals surface area contributed by atoms with Crippen molar-refractivity contribution in [3.05, 3.63) is 89.7 Å². The molecule has 3 aromatic rings. The molecule has 4 rings (SSSR count). The molecule has 1 saturated heterocycles. The second-order valence-corrected chi connectivity index (χ2v) is 9.32. The zero-order valence-electron chi connectivity index (χ0n) is 17.7. The Kier molecular flexibility index (Phi) is 7.02. The van der Waals surface area contributed by atoms with E-state index < -0.39 is 26.6 Å². The van der Waals surface area contributed by atoms with Crippen LogP contribution in [0.25, 0.3) is 0 Å². The third-order valence-electron chi connectivity index (χ3n) is 5.12. The van der Waals surface area contributed by atoms with E-state index >= 15 is 0 Å². The normalized spacial score (nSPS) is 14.6. The second-order valence-electron chi connectivity index (χ2n) is 7.42. The van der Waals surface area contributed by atoms with E-state index in [9.17, 15) is 17.6 Å². The van der Waals surface area contributed by atoms with Gasteiger partial charge in [0.25, 0.3) is 5.91 Å². The van der Waals surface area contributed by atoms with Gasteiger partial charge in [0, 0.05) is 24.3 Å². The fraction of sp³-hybridized carbons (Fsp3) is 0.208. The number of nitrogens with one attached hydrogen (secondary N) is 1. The zero-order chi connectivity index (χ0) is 23.3. The van der Waals surface area contributed by atoms with Crippen LogP contribution in [-0.2, 0) is 21.4 Å². The molecule has 0 atom stereocenters. The van der Waals surface area contributed by atoms with Crippen molar-refractivity contribution in [1.29, 1.82) is 0 Å². The summed E-state index contributed by atoms with van der Waals surface area (Å²) in [4.78, 5) is 12.3. The zero-order valence-corrected chi connectivity index (χ0v) is 18.6. The third kappa shape index (κ3) is 5.57. The Labute approximate surface area is 191 Å². The maximum absolute atomic E-state index is 14.4. The number of sulfonamides is 1. The second kappa shape index (κ2) is 10.1. The third-order valence-corrected chi connectivity index (χ3v) is 7.04. The van der Waals surface area contributed by atoms with Gasteiger partial charge in [0.1, 0.15) is 23.1 Å². The molecule has 1 fully saturated rings. The van der Waals surface area contributed by atoms with Crippen LogP contribution in [0.3, 0.4) is 0 Å². The quantitative estimate of drug-likeness (QED) is 0.570. The minimum absolute atomic E-state index is 0.147. The highest BCUT2D eigenvalue weighted by Gasteiger charge is 2.29. The van der Waals surface area contributed by atoms with Crippen LogP contribution in [0.1, 0.15) is 15.9 Å². The molecule has 0 bridgehead atoms. The van der Waals surface area contributed by atoms with Crippen molar-refractivity contribution in [3.63, 3.8) is 0 Å². The van der Waals surface area contributed by atoms with Gasteiger partial charge in [-0.1, -0.05) is 36.4 Å². The fourth-order valence-electron chi connectivity index (χ4n) is 3.38. The molecule has 1 heterocycles. The van der Waals surface area contributed by atoms with Gasteiger partial charge in [0.2, 0.25) is 10.0 Å². The minimum atomic E-state index is -4.05. The van der Waals surface area contributed by atoms with Gasteiger partial charge in [0.05, 0.1) is 13.2 Å². The molecule has 172 valence electrons. The highest BCUT2D eigenvalue weighted by atomic mass is 32.2. The van der Waals surface area contributed by atoms with Crippen LogP contribution in [0.15, 0.2) is 77.7 Å². The molecule has 0 radical (unpaired) electrons. The fourth-order valence-corrected chi connectivity index (χ4v) is 4.87. The molecule has 0 aromatic heterocycles. The first-order valence-electron chi connectivity index (χ1n) is 10.4. The van der Waals surface area contributed by atoms with Crippen molar-refractivity contribution >= 4 is 21.6 Å². The predicted octanol–water partition coefficient (Wildman–Crippen LogP) is 3.68. The number of hydrogen-bond acceptors (Lipinski definition) is 5. The Morgan fingerprint density at radius 2 is 1.76 bits per heavy atom. The standard InChI is InChI=1S/C24H23FN2O5S/c25-22-10-9-20(16-23(22)33(29,30)27-11-13-31-14-12-27)26-24(28)19-7-4-8-21(15-19)32-17-18-5-2-1-3-6-18/h1-10,15-16H,11-14,17H2,(H,26,28). The molecule has 3 aromatic carbocycles.